The number of halogens is 1. The third-order valence-corrected chi connectivity index (χ3v) is 3.42. The molecule has 1 aromatic carbocycles. The van der Waals surface area contributed by atoms with E-state index in [1.165, 1.54) is 0 Å². The molecule has 1 N–H and O–H groups in total. The van der Waals surface area contributed by atoms with Gasteiger partial charge in [-0.05, 0) is 13.0 Å². The summed E-state index contributed by atoms with van der Waals surface area (Å²) in [5, 5.41) is 4.14. The smallest absolute Gasteiger partial charge is 0.145 e. The number of benzene rings is 1. The second kappa shape index (κ2) is 4.42. The van der Waals surface area contributed by atoms with Gasteiger partial charge in [0.2, 0.25) is 0 Å². The van der Waals surface area contributed by atoms with Gasteiger partial charge in [0.05, 0.1) is 5.56 Å². The van der Waals surface area contributed by atoms with Gasteiger partial charge in [0.1, 0.15) is 17.3 Å². The summed E-state index contributed by atoms with van der Waals surface area (Å²) in [4.78, 5) is 7.35. The lowest BCUT2D eigenvalue weighted by Gasteiger charge is -2.02. The quantitative estimate of drug-likeness (QED) is 0.783. The molecule has 0 saturated carbocycles. The summed E-state index contributed by atoms with van der Waals surface area (Å²) in [6.07, 6.45) is 3.50. The molecule has 2 heterocycles. The van der Waals surface area contributed by atoms with Crippen molar-refractivity contribution in [3.63, 3.8) is 0 Å². The number of rotatable bonds is 2. The molecule has 3 rings (SSSR count). The number of aryl methyl sites for hydroxylation is 1. The zero-order valence-electron chi connectivity index (χ0n) is 9.64. The normalized spacial score (nSPS) is 10.8. The van der Waals surface area contributed by atoms with Crippen LogP contribution in [0.4, 0.5) is 0 Å². The first-order valence-corrected chi connectivity index (χ1v) is 6.27. The number of imidazole rings is 1. The number of nitrogens with zero attached hydrogens (tertiary/aromatic N) is 2. The largest absolute Gasteiger partial charge is 0.360 e. The van der Waals surface area contributed by atoms with Gasteiger partial charge in [-0.15, -0.1) is 0 Å². The maximum atomic E-state index is 5.30. The summed E-state index contributed by atoms with van der Waals surface area (Å²) in [7, 11) is 0. The fourth-order valence-electron chi connectivity index (χ4n) is 1.89. The molecule has 0 bridgehead atoms. The summed E-state index contributed by atoms with van der Waals surface area (Å²) in [6.45, 7) is 1.88. The van der Waals surface area contributed by atoms with Crippen molar-refractivity contribution in [1.29, 1.82) is 0 Å². The molecular weight excluding hydrogens is 294 g/mol. The van der Waals surface area contributed by atoms with Gasteiger partial charge in [-0.3, -0.25) is 0 Å². The zero-order chi connectivity index (χ0) is 12.5. The second-order valence-electron chi connectivity index (χ2n) is 3.88. The SMILES string of the molecule is Cc1onc(-c2ccccc2Br)c1-c1ncc[nH]1. The number of aromatic nitrogens is 3. The Hall–Kier alpha value is -1.88. The molecule has 0 amide bonds. The van der Waals surface area contributed by atoms with Crippen molar-refractivity contribution in [3.8, 4) is 22.6 Å². The standard InChI is InChI=1S/C13H10BrN3O/c1-8-11(13-15-6-7-16-13)12(17-18-8)9-4-2-3-5-10(9)14/h2-7H,1H3,(H,15,16). The van der Waals surface area contributed by atoms with Gasteiger partial charge in [0, 0.05) is 22.4 Å². The minimum absolute atomic E-state index is 0.746. The Balaban J connectivity index is 2.23. The third-order valence-electron chi connectivity index (χ3n) is 2.73. The van der Waals surface area contributed by atoms with Gasteiger partial charge in [-0.2, -0.15) is 0 Å². The molecular formula is C13H10BrN3O. The fraction of sp³-hybridized carbons (Fsp3) is 0.0769. The van der Waals surface area contributed by atoms with Crippen LogP contribution in [0.3, 0.4) is 0 Å². The molecule has 0 radical (unpaired) electrons. The van der Waals surface area contributed by atoms with Crippen LogP contribution in [0, 0.1) is 6.92 Å². The van der Waals surface area contributed by atoms with E-state index in [0.29, 0.717) is 0 Å². The Kier molecular flexibility index (Phi) is 2.76. The van der Waals surface area contributed by atoms with Crippen molar-refractivity contribution in [2.45, 2.75) is 6.92 Å². The molecule has 0 spiro atoms. The first-order valence-electron chi connectivity index (χ1n) is 5.48. The van der Waals surface area contributed by atoms with E-state index < -0.39 is 0 Å². The summed E-state index contributed by atoms with van der Waals surface area (Å²) < 4.78 is 6.28. The molecule has 0 unspecified atom stereocenters. The van der Waals surface area contributed by atoms with Gasteiger partial charge >= 0.3 is 0 Å². The lowest BCUT2D eigenvalue weighted by molar-refractivity contribution is 0.400. The van der Waals surface area contributed by atoms with E-state index in [-0.39, 0.29) is 0 Å². The number of hydrogen-bond acceptors (Lipinski definition) is 3. The molecule has 3 aromatic rings. The van der Waals surface area contributed by atoms with Crippen molar-refractivity contribution >= 4 is 15.9 Å². The van der Waals surface area contributed by atoms with Crippen molar-refractivity contribution < 1.29 is 4.52 Å². The van der Waals surface area contributed by atoms with E-state index >= 15 is 0 Å². The van der Waals surface area contributed by atoms with E-state index in [1.807, 2.05) is 31.2 Å². The highest BCUT2D eigenvalue weighted by Crippen LogP contribution is 2.35. The van der Waals surface area contributed by atoms with Crippen LogP contribution in [0.2, 0.25) is 0 Å². The van der Waals surface area contributed by atoms with Gasteiger partial charge < -0.3 is 9.51 Å². The van der Waals surface area contributed by atoms with E-state index in [4.69, 9.17) is 4.52 Å². The lowest BCUT2D eigenvalue weighted by atomic mass is 10.1. The molecule has 18 heavy (non-hydrogen) atoms. The van der Waals surface area contributed by atoms with Crippen LogP contribution in [0.1, 0.15) is 5.76 Å². The lowest BCUT2D eigenvalue weighted by Crippen LogP contribution is -1.87. The molecule has 0 saturated heterocycles. The Bertz CT molecular complexity index is 673. The van der Waals surface area contributed by atoms with Crippen LogP contribution in [-0.4, -0.2) is 15.1 Å². The van der Waals surface area contributed by atoms with Crippen molar-refractivity contribution in [1.82, 2.24) is 15.1 Å². The molecule has 0 aliphatic rings. The number of hydrogen-bond donors (Lipinski definition) is 1. The van der Waals surface area contributed by atoms with Crippen LogP contribution in [-0.2, 0) is 0 Å². The van der Waals surface area contributed by atoms with Gasteiger partial charge in [0.15, 0.2) is 0 Å². The second-order valence-corrected chi connectivity index (χ2v) is 4.73. The van der Waals surface area contributed by atoms with Gasteiger partial charge in [-0.25, -0.2) is 4.98 Å². The van der Waals surface area contributed by atoms with Crippen LogP contribution in [0.15, 0.2) is 45.7 Å². The predicted molar refractivity (Wildman–Crippen MR) is 72.0 cm³/mol. The highest BCUT2D eigenvalue weighted by molar-refractivity contribution is 9.10. The molecule has 4 nitrogen and oxygen atoms in total. The first-order chi connectivity index (χ1) is 8.77. The molecule has 0 atom stereocenters. The minimum Gasteiger partial charge on any atom is -0.360 e. The summed E-state index contributed by atoms with van der Waals surface area (Å²) in [6, 6.07) is 7.90. The molecule has 0 fully saturated rings. The predicted octanol–water partition coefficient (Wildman–Crippen LogP) is 3.80. The Morgan fingerprint density at radius 1 is 1.28 bits per heavy atom. The van der Waals surface area contributed by atoms with E-state index in [0.717, 1.165) is 32.9 Å². The summed E-state index contributed by atoms with van der Waals surface area (Å²) in [5.41, 5.74) is 2.67. The maximum Gasteiger partial charge on any atom is 0.145 e. The third kappa shape index (κ3) is 1.76. The van der Waals surface area contributed by atoms with E-state index in [2.05, 4.69) is 31.1 Å². The monoisotopic (exact) mass is 303 g/mol. The Morgan fingerprint density at radius 3 is 2.83 bits per heavy atom. The van der Waals surface area contributed by atoms with Crippen LogP contribution in [0.5, 0.6) is 0 Å². The molecule has 0 aliphatic heterocycles. The molecule has 0 aliphatic carbocycles. The number of H-pyrrole nitrogens is 1. The van der Waals surface area contributed by atoms with Gasteiger partial charge in [0.25, 0.3) is 0 Å². The summed E-state index contributed by atoms with van der Waals surface area (Å²) >= 11 is 3.53. The van der Waals surface area contributed by atoms with Crippen molar-refractivity contribution in [3.05, 3.63) is 46.9 Å². The highest BCUT2D eigenvalue weighted by Gasteiger charge is 2.19. The topological polar surface area (TPSA) is 54.7 Å². The van der Waals surface area contributed by atoms with E-state index in [1.54, 1.807) is 12.4 Å². The minimum atomic E-state index is 0.746. The Morgan fingerprint density at radius 2 is 2.11 bits per heavy atom. The molecule has 5 heteroatoms. The zero-order valence-corrected chi connectivity index (χ0v) is 11.2. The van der Waals surface area contributed by atoms with Crippen LogP contribution >= 0.6 is 15.9 Å². The molecule has 90 valence electrons. The maximum absolute atomic E-state index is 5.30. The van der Waals surface area contributed by atoms with Crippen molar-refractivity contribution in [2.24, 2.45) is 0 Å². The first kappa shape index (κ1) is 11.2. The van der Waals surface area contributed by atoms with Crippen molar-refractivity contribution in [2.75, 3.05) is 0 Å². The van der Waals surface area contributed by atoms with Crippen LogP contribution < -0.4 is 0 Å². The summed E-state index contributed by atoms with van der Waals surface area (Å²) in [5.74, 6) is 1.51. The van der Waals surface area contributed by atoms with Gasteiger partial charge in [-0.1, -0.05) is 39.3 Å². The van der Waals surface area contributed by atoms with E-state index in [9.17, 15) is 0 Å². The number of aromatic amines is 1. The average Bonchev–Trinajstić information content (AvgIpc) is 2.98. The molecule has 2 aromatic heterocycles. The van der Waals surface area contributed by atoms with Crippen LogP contribution in [0.25, 0.3) is 22.6 Å². The number of nitrogens with one attached hydrogen (secondary N) is 1. The fourth-order valence-corrected chi connectivity index (χ4v) is 2.36. The highest BCUT2D eigenvalue weighted by atomic mass is 79.9. The Labute approximate surface area is 112 Å². The average molecular weight is 304 g/mol.